The summed E-state index contributed by atoms with van der Waals surface area (Å²) in [7, 11) is -0.419. The number of hydrogen-bond donors (Lipinski definition) is 1. The highest BCUT2D eigenvalue weighted by molar-refractivity contribution is 7.89. The minimum absolute atomic E-state index is 0.0725. The van der Waals surface area contributed by atoms with Crippen molar-refractivity contribution in [2.45, 2.75) is 23.8 Å². The molecule has 6 nitrogen and oxygen atoms in total. The van der Waals surface area contributed by atoms with Gasteiger partial charge in [-0.2, -0.15) is 0 Å². The fourth-order valence-corrected chi connectivity index (χ4v) is 4.50. The lowest BCUT2D eigenvalue weighted by molar-refractivity contribution is 0.240. The summed E-state index contributed by atoms with van der Waals surface area (Å²) in [6.07, 6.45) is 2.24. The molecule has 0 radical (unpaired) electrons. The summed E-state index contributed by atoms with van der Waals surface area (Å²) < 4.78 is 38.8. The molecule has 0 aliphatic carbocycles. The molecule has 0 unspecified atom stereocenters. The highest BCUT2D eigenvalue weighted by atomic mass is 32.2. The van der Waals surface area contributed by atoms with Crippen molar-refractivity contribution < 1.29 is 17.9 Å². The number of nitrogens with zero attached hydrogens (tertiary/aromatic N) is 1. The van der Waals surface area contributed by atoms with Crippen LogP contribution in [-0.4, -0.2) is 47.2 Å². The first-order valence-electron chi connectivity index (χ1n) is 9.06. The van der Waals surface area contributed by atoms with Gasteiger partial charge in [-0.1, -0.05) is 18.2 Å². The zero-order chi connectivity index (χ0) is 19.3. The highest BCUT2D eigenvalue weighted by Gasteiger charge is 2.27. The van der Waals surface area contributed by atoms with Crippen LogP contribution in [0.4, 0.5) is 0 Å². The fourth-order valence-electron chi connectivity index (χ4n) is 3.46. The Hall–Kier alpha value is -2.09. The third kappa shape index (κ3) is 4.61. The van der Waals surface area contributed by atoms with Crippen molar-refractivity contribution in [1.82, 2.24) is 9.62 Å². The molecule has 3 rings (SSSR count). The predicted octanol–water partition coefficient (Wildman–Crippen LogP) is 2.82. The Bertz CT molecular complexity index is 847. The van der Waals surface area contributed by atoms with E-state index in [2.05, 4.69) is 9.62 Å². The number of hydrogen-bond acceptors (Lipinski definition) is 5. The van der Waals surface area contributed by atoms with E-state index in [1.807, 2.05) is 24.3 Å². The molecule has 1 N–H and O–H groups in total. The Morgan fingerprint density at radius 2 is 1.67 bits per heavy atom. The topological polar surface area (TPSA) is 67.9 Å². The molecular weight excluding hydrogens is 364 g/mol. The molecule has 1 heterocycles. The third-order valence-corrected chi connectivity index (χ3v) is 6.36. The Morgan fingerprint density at radius 3 is 2.30 bits per heavy atom. The third-order valence-electron chi connectivity index (χ3n) is 4.92. The maximum atomic E-state index is 12.7. The van der Waals surface area contributed by atoms with Crippen LogP contribution in [0.2, 0.25) is 0 Å². The number of rotatable bonds is 8. The summed E-state index contributed by atoms with van der Waals surface area (Å²) in [5, 5.41) is 0. The van der Waals surface area contributed by atoms with Gasteiger partial charge in [0.15, 0.2) is 0 Å². The van der Waals surface area contributed by atoms with Crippen molar-refractivity contribution >= 4 is 10.0 Å². The van der Waals surface area contributed by atoms with E-state index in [4.69, 9.17) is 9.47 Å². The van der Waals surface area contributed by atoms with Crippen molar-refractivity contribution in [1.29, 1.82) is 0 Å². The van der Waals surface area contributed by atoms with Gasteiger partial charge >= 0.3 is 0 Å². The van der Waals surface area contributed by atoms with Crippen LogP contribution in [0.15, 0.2) is 53.4 Å². The second-order valence-corrected chi connectivity index (χ2v) is 8.30. The number of ether oxygens (including phenoxy) is 2. The zero-order valence-corrected chi connectivity index (χ0v) is 16.5. The lowest BCUT2D eigenvalue weighted by Gasteiger charge is -2.29. The van der Waals surface area contributed by atoms with Gasteiger partial charge in [0.25, 0.3) is 0 Å². The molecule has 7 heteroatoms. The summed E-state index contributed by atoms with van der Waals surface area (Å²) in [5.74, 6) is 1.40. The maximum Gasteiger partial charge on any atom is 0.240 e. The Balaban J connectivity index is 1.81. The molecule has 2 aromatic carbocycles. The Labute approximate surface area is 161 Å². The number of nitrogens with one attached hydrogen (secondary N) is 1. The maximum absolute atomic E-state index is 12.7. The van der Waals surface area contributed by atoms with Gasteiger partial charge < -0.3 is 9.47 Å². The second-order valence-electron chi connectivity index (χ2n) is 6.53. The van der Waals surface area contributed by atoms with E-state index in [1.54, 1.807) is 38.5 Å². The summed E-state index contributed by atoms with van der Waals surface area (Å²) in [4.78, 5) is 2.54. The molecule has 0 amide bonds. The fraction of sp³-hybridized carbons (Fsp3) is 0.400. The van der Waals surface area contributed by atoms with Crippen LogP contribution in [0, 0.1) is 0 Å². The van der Waals surface area contributed by atoms with E-state index in [9.17, 15) is 8.42 Å². The van der Waals surface area contributed by atoms with Crippen LogP contribution in [0.1, 0.15) is 24.4 Å². The predicted molar refractivity (Wildman–Crippen MR) is 105 cm³/mol. The standard InChI is InChI=1S/C20H26N2O4S/c1-25-16-9-11-17(12-10-16)27(23,24)21-15-19(22-13-5-6-14-22)18-7-3-4-8-20(18)26-2/h3-4,7-12,19,21H,5-6,13-15H2,1-2H3/t19-/m0/s1. The SMILES string of the molecule is COc1ccc(S(=O)(=O)NC[C@@H](c2ccccc2OC)N2CCCC2)cc1. The molecule has 1 atom stereocenters. The Kier molecular flexibility index (Phi) is 6.36. The number of para-hydroxylation sites is 1. The van der Waals surface area contributed by atoms with Gasteiger partial charge in [-0.15, -0.1) is 0 Å². The van der Waals surface area contributed by atoms with E-state index in [0.29, 0.717) is 5.75 Å². The molecule has 0 aromatic heterocycles. The molecule has 2 aromatic rings. The van der Waals surface area contributed by atoms with E-state index >= 15 is 0 Å². The van der Waals surface area contributed by atoms with Gasteiger partial charge in [0.2, 0.25) is 10.0 Å². The van der Waals surface area contributed by atoms with E-state index in [1.165, 1.54) is 0 Å². The molecule has 1 fully saturated rings. The van der Waals surface area contributed by atoms with Gasteiger partial charge in [0.05, 0.1) is 25.2 Å². The van der Waals surface area contributed by atoms with Crippen LogP contribution in [0.5, 0.6) is 11.5 Å². The normalized spacial score (nSPS) is 16.2. The molecule has 27 heavy (non-hydrogen) atoms. The van der Waals surface area contributed by atoms with Gasteiger partial charge in [-0.3, -0.25) is 4.90 Å². The minimum Gasteiger partial charge on any atom is -0.497 e. The second kappa shape index (κ2) is 8.73. The number of methoxy groups -OCH3 is 2. The minimum atomic E-state index is -3.61. The molecular formula is C20H26N2O4S. The van der Waals surface area contributed by atoms with Gasteiger partial charge in [0.1, 0.15) is 11.5 Å². The summed E-state index contributed by atoms with van der Waals surface area (Å²) in [6, 6.07) is 14.1. The van der Waals surface area contributed by atoms with Crippen molar-refractivity contribution in [3.05, 3.63) is 54.1 Å². The quantitative estimate of drug-likeness (QED) is 0.751. The van der Waals surface area contributed by atoms with Gasteiger partial charge in [-0.25, -0.2) is 13.1 Å². The molecule has 0 bridgehead atoms. The van der Waals surface area contributed by atoms with Crippen LogP contribution < -0.4 is 14.2 Å². The first kappa shape index (κ1) is 19.7. The van der Waals surface area contributed by atoms with Crippen molar-refractivity contribution in [3.63, 3.8) is 0 Å². The van der Waals surface area contributed by atoms with Crippen molar-refractivity contribution in [3.8, 4) is 11.5 Å². The van der Waals surface area contributed by atoms with Gasteiger partial charge in [-0.05, 0) is 56.3 Å². The monoisotopic (exact) mass is 390 g/mol. The van der Waals surface area contributed by atoms with E-state index < -0.39 is 10.0 Å². The zero-order valence-electron chi connectivity index (χ0n) is 15.7. The van der Waals surface area contributed by atoms with Crippen LogP contribution in [0.25, 0.3) is 0 Å². The van der Waals surface area contributed by atoms with Crippen LogP contribution in [-0.2, 0) is 10.0 Å². The molecule has 1 aliphatic heterocycles. The molecule has 1 saturated heterocycles. The first-order chi connectivity index (χ1) is 13.0. The number of likely N-dealkylation sites (tertiary alicyclic amines) is 1. The number of sulfonamides is 1. The summed E-state index contributed by atoms with van der Waals surface area (Å²) in [5.41, 5.74) is 0.999. The Morgan fingerprint density at radius 1 is 1.00 bits per heavy atom. The van der Waals surface area contributed by atoms with Gasteiger partial charge in [0, 0.05) is 12.1 Å². The molecule has 146 valence electrons. The molecule has 0 saturated carbocycles. The molecule has 0 spiro atoms. The lowest BCUT2D eigenvalue weighted by Crippen LogP contribution is -2.37. The van der Waals surface area contributed by atoms with E-state index in [0.717, 1.165) is 37.2 Å². The first-order valence-corrected chi connectivity index (χ1v) is 10.5. The highest BCUT2D eigenvalue weighted by Crippen LogP contribution is 2.31. The average molecular weight is 391 g/mol. The number of benzene rings is 2. The molecule has 1 aliphatic rings. The average Bonchev–Trinajstić information content (AvgIpc) is 3.23. The largest absolute Gasteiger partial charge is 0.497 e. The van der Waals surface area contributed by atoms with E-state index in [-0.39, 0.29) is 17.5 Å². The van der Waals surface area contributed by atoms with Crippen LogP contribution in [0.3, 0.4) is 0 Å². The summed E-state index contributed by atoms with van der Waals surface area (Å²) in [6.45, 7) is 2.19. The lowest BCUT2D eigenvalue weighted by atomic mass is 10.0. The van der Waals surface area contributed by atoms with Crippen molar-refractivity contribution in [2.24, 2.45) is 0 Å². The smallest absolute Gasteiger partial charge is 0.240 e. The summed E-state index contributed by atoms with van der Waals surface area (Å²) >= 11 is 0. The van der Waals surface area contributed by atoms with Crippen LogP contribution >= 0.6 is 0 Å². The van der Waals surface area contributed by atoms with Crippen molar-refractivity contribution in [2.75, 3.05) is 33.9 Å².